The number of anilines is 1. The van der Waals surface area contributed by atoms with E-state index < -0.39 is 17.4 Å². The maximum Gasteiger partial charge on any atom is 0.511 e. The van der Waals surface area contributed by atoms with Crippen molar-refractivity contribution in [1.82, 2.24) is 4.40 Å². The topological polar surface area (TPSA) is 106 Å². The van der Waals surface area contributed by atoms with Gasteiger partial charge in [-0.3, -0.25) is 9.20 Å². The second kappa shape index (κ2) is 6.27. The standard InChI is InChI=1S/C23H20FN3O5S/c24-15-5-12-16-19(17(15)26-6-13-10-1-3-23(25,4-2-10)14(13)7-26)31-8-11-9-33-21(27(11)16)20(18(12)28)32-22(29)30/h1,3,5,9-10,13-14H,2,4,6-8,25H2,(H,29,30). The quantitative estimate of drug-likeness (QED) is 0.438. The Hall–Kier alpha value is -3.11. The van der Waals surface area contributed by atoms with Crippen molar-refractivity contribution in [2.45, 2.75) is 25.0 Å². The maximum absolute atomic E-state index is 15.7. The van der Waals surface area contributed by atoms with Crippen LogP contribution in [0.1, 0.15) is 18.5 Å². The van der Waals surface area contributed by atoms with Gasteiger partial charge in [0.15, 0.2) is 11.6 Å². The molecule has 2 aliphatic heterocycles. The van der Waals surface area contributed by atoms with Crippen LogP contribution in [0.2, 0.25) is 0 Å². The Bertz CT molecular complexity index is 1480. The number of nitrogens with two attached hydrogens (primary N) is 1. The first kappa shape index (κ1) is 19.4. The van der Waals surface area contributed by atoms with Gasteiger partial charge in [-0.2, -0.15) is 0 Å². The highest BCUT2D eigenvalue weighted by Crippen LogP contribution is 2.52. The molecule has 10 heteroatoms. The van der Waals surface area contributed by atoms with E-state index in [1.807, 2.05) is 4.90 Å². The number of carbonyl (C=O) groups is 1. The van der Waals surface area contributed by atoms with Crippen molar-refractivity contribution in [3.05, 3.63) is 45.3 Å². The Labute approximate surface area is 190 Å². The molecule has 8 nitrogen and oxygen atoms in total. The molecule has 4 heterocycles. The van der Waals surface area contributed by atoms with Crippen molar-refractivity contribution in [3.63, 3.8) is 0 Å². The minimum absolute atomic E-state index is 0.0352. The first-order chi connectivity index (χ1) is 15.9. The van der Waals surface area contributed by atoms with Gasteiger partial charge in [0.1, 0.15) is 22.6 Å². The van der Waals surface area contributed by atoms with Crippen LogP contribution in [0.25, 0.3) is 15.7 Å². The minimum atomic E-state index is -1.59. The number of pyridine rings is 1. The van der Waals surface area contributed by atoms with Crippen molar-refractivity contribution >= 4 is 38.9 Å². The van der Waals surface area contributed by atoms with Crippen LogP contribution >= 0.6 is 11.3 Å². The number of ether oxygens (including phenoxy) is 2. The van der Waals surface area contributed by atoms with E-state index in [4.69, 9.17) is 20.3 Å². The number of allylic oxidation sites excluding steroid dienone is 1. The summed E-state index contributed by atoms with van der Waals surface area (Å²) in [4.78, 5) is 26.7. The van der Waals surface area contributed by atoms with Gasteiger partial charge in [0.2, 0.25) is 11.2 Å². The van der Waals surface area contributed by atoms with E-state index in [-0.39, 0.29) is 29.2 Å². The SMILES string of the molecule is NC12C=CC(CC1)C1CN(c3c(F)cc4c(=O)c(OC(=O)O)c5scc6n5c4c3OC6)CC12. The predicted octanol–water partition coefficient (Wildman–Crippen LogP) is 3.33. The normalized spacial score (nSPS) is 29.2. The van der Waals surface area contributed by atoms with Crippen LogP contribution in [0.15, 0.2) is 28.4 Å². The lowest BCUT2D eigenvalue weighted by atomic mass is 9.60. The Morgan fingerprint density at radius 2 is 2.24 bits per heavy atom. The summed E-state index contributed by atoms with van der Waals surface area (Å²) in [5.41, 5.74) is 7.23. The van der Waals surface area contributed by atoms with Crippen molar-refractivity contribution in [3.8, 4) is 11.5 Å². The van der Waals surface area contributed by atoms with Crippen LogP contribution in [0.4, 0.5) is 14.9 Å². The summed E-state index contributed by atoms with van der Waals surface area (Å²) in [6.07, 6.45) is 4.75. The molecule has 1 saturated heterocycles. The molecule has 5 aliphatic rings. The second-order valence-electron chi connectivity index (χ2n) is 9.46. The molecule has 3 aliphatic carbocycles. The summed E-state index contributed by atoms with van der Waals surface area (Å²) in [6, 6.07) is 1.18. The number of rotatable bonds is 2. The van der Waals surface area contributed by atoms with E-state index in [0.717, 1.165) is 18.5 Å². The lowest BCUT2D eigenvalue weighted by molar-refractivity contribution is 0.139. The van der Waals surface area contributed by atoms with Crippen LogP contribution in [0.3, 0.4) is 0 Å². The zero-order valence-electron chi connectivity index (χ0n) is 17.4. The zero-order valence-corrected chi connectivity index (χ0v) is 18.2. The summed E-state index contributed by atoms with van der Waals surface area (Å²) in [6.45, 7) is 1.47. The van der Waals surface area contributed by atoms with E-state index in [2.05, 4.69) is 12.2 Å². The molecule has 3 aromatic rings. The number of fused-ring (bicyclic) bond motifs is 1. The Morgan fingerprint density at radius 3 is 2.97 bits per heavy atom. The molecule has 0 amide bonds. The maximum atomic E-state index is 15.7. The van der Waals surface area contributed by atoms with Crippen molar-refractivity contribution in [2.24, 2.45) is 23.5 Å². The average molecular weight is 469 g/mol. The second-order valence-corrected chi connectivity index (χ2v) is 10.3. The van der Waals surface area contributed by atoms with E-state index in [0.29, 0.717) is 46.7 Å². The van der Waals surface area contributed by atoms with Gasteiger partial charge in [-0.1, -0.05) is 12.2 Å². The van der Waals surface area contributed by atoms with E-state index >= 15 is 4.39 Å². The number of aromatic nitrogens is 1. The third-order valence-corrected chi connectivity index (χ3v) is 8.87. The summed E-state index contributed by atoms with van der Waals surface area (Å²) in [5.74, 6) is 0.462. The molecule has 4 unspecified atom stereocenters. The van der Waals surface area contributed by atoms with Crippen LogP contribution in [-0.2, 0) is 6.61 Å². The van der Waals surface area contributed by atoms with Gasteiger partial charge in [-0.25, -0.2) is 9.18 Å². The molecule has 3 N–H and O–H groups in total. The molecule has 2 bridgehead atoms. The highest BCUT2D eigenvalue weighted by atomic mass is 32.1. The number of nitrogens with zero attached hydrogens (tertiary/aromatic N) is 2. The van der Waals surface area contributed by atoms with Gasteiger partial charge in [-0.05, 0) is 30.7 Å². The fraction of sp³-hybridized carbons (Fsp3) is 0.391. The number of hydrogen-bond donors (Lipinski definition) is 2. The number of hydrogen-bond acceptors (Lipinski definition) is 7. The monoisotopic (exact) mass is 469 g/mol. The molecule has 4 atom stereocenters. The minimum Gasteiger partial charge on any atom is -0.483 e. The molecule has 2 fully saturated rings. The summed E-state index contributed by atoms with van der Waals surface area (Å²) < 4.78 is 28.3. The van der Waals surface area contributed by atoms with Gasteiger partial charge >= 0.3 is 6.16 Å². The lowest BCUT2D eigenvalue weighted by Crippen LogP contribution is -2.55. The number of carboxylic acid groups (broad SMARTS) is 1. The summed E-state index contributed by atoms with van der Waals surface area (Å²) >= 11 is 1.20. The van der Waals surface area contributed by atoms with Crippen molar-refractivity contribution < 1.29 is 23.8 Å². The highest BCUT2D eigenvalue weighted by molar-refractivity contribution is 7.16. The molecule has 0 radical (unpaired) electrons. The van der Waals surface area contributed by atoms with E-state index in [1.54, 1.807) is 9.78 Å². The van der Waals surface area contributed by atoms with Gasteiger partial charge in [-0.15, -0.1) is 11.3 Å². The molecule has 33 heavy (non-hydrogen) atoms. The van der Waals surface area contributed by atoms with Crippen LogP contribution in [-0.4, -0.2) is 34.3 Å². The molecular formula is C23H20FN3O5S. The lowest BCUT2D eigenvalue weighted by Gasteiger charge is -2.47. The Kier molecular flexibility index (Phi) is 3.68. The van der Waals surface area contributed by atoms with Gasteiger partial charge in [0, 0.05) is 29.9 Å². The number of halogens is 1. The van der Waals surface area contributed by atoms with E-state index in [9.17, 15) is 9.59 Å². The number of thiazole rings is 1. The highest BCUT2D eigenvalue weighted by Gasteiger charge is 2.53. The number of benzene rings is 1. The third kappa shape index (κ3) is 2.42. The first-order valence-corrected chi connectivity index (χ1v) is 11.8. The molecular weight excluding hydrogens is 449 g/mol. The fourth-order valence-corrected chi connectivity index (χ4v) is 7.39. The summed E-state index contributed by atoms with van der Waals surface area (Å²) in [7, 11) is 0. The summed E-state index contributed by atoms with van der Waals surface area (Å²) in [5, 5.41) is 11.0. The van der Waals surface area contributed by atoms with Gasteiger partial charge in [0.25, 0.3) is 0 Å². The third-order valence-electron chi connectivity index (χ3n) is 7.89. The largest absolute Gasteiger partial charge is 0.511 e. The molecule has 2 aromatic heterocycles. The van der Waals surface area contributed by atoms with Crippen LogP contribution in [0.5, 0.6) is 11.5 Å². The molecule has 8 rings (SSSR count). The smallest absolute Gasteiger partial charge is 0.483 e. The fourth-order valence-electron chi connectivity index (χ4n) is 6.41. The zero-order chi connectivity index (χ0) is 22.6. The Morgan fingerprint density at radius 1 is 1.39 bits per heavy atom. The first-order valence-electron chi connectivity index (χ1n) is 10.9. The molecule has 1 saturated carbocycles. The van der Waals surface area contributed by atoms with Crippen LogP contribution in [0, 0.1) is 23.6 Å². The molecule has 0 spiro atoms. The van der Waals surface area contributed by atoms with Crippen molar-refractivity contribution in [1.29, 1.82) is 0 Å². The van der Waals surface area contributed by atoms with Gasteiger partial charge in [0.05, 0.1) is 11.1 Å². The molecule has 1 aromatic carbocycles. The molecule has 170 valence electrons. The van der Waals surface area contributed by atoms with Crippen molar-refractivity contribution in [2.75, 3.05) is 18.0 Å². The van der Waals surface area contributed by atoms with E-state index in [1.165, 1.54) is 17.4 Å². The average Bonchev–Trinajstić information content (AvgIpc) is 3.42. The van der Waals surface area contributed by atoms with Gasteiger partial charge < -0.3 is 25.2 Å². The Balaban J connectivity index is 1.45. The predicted molar refractivity (Wildman–Crippen MR) is 120 cm³/mol. The van der Waals surface area contributed by atoms with Crippen LogP contribution < -0.4 is 25.5 Å².